The van der Waals surface area contributed by atoms with Crippen LogP contribution in [-0.2, 0) is 4.79 Å². The summed E-state index contributed by atoms with van der Waals surface area (Å²) in [5.41, 5.74) is 6.74. The number of aromatic nitrogens is 2. The number of carbonyl (C=O) groups is 1. The van der Waals surface area contributed by atoms with Crippen LogP contribution in [-0.4, -0.2) is 22.1 Å². The Labute approximate surface area is 126 Å². The minimum atomic E-state index is -0.0267. The molecule has 2 aromatic rings. The van der Waals surface area contributed by atoms with Crippen molar-refractivity contribution in [3.8, 4) is 0 Å². The number of nitrogen functional groups attached to an aromatic ring is 1. The first-order valence-electron chi connectivity index (χ1n) is 6.73. The summed E-state index contributed by atoms with van der Waals surface area (Å²) in [6.07, 6.45) is 1.82. The van der Waals surface area contributed by atoms with E-state index in [1.165, 1.54) is 0 Å². The summed E-state index contributed by atoms with van der Waals surface area (Å²) in [6.45, 7) is 0. The lowest BCUT2D eigenvalue weighted by Gasteiger charge is -2.29. The molecular weight excluding hydrogens is 292 g/mol. The van der Waals surface area contributed by atoms with E-state index in [2.05, 4.69) is 20.3 Å². The largest absolute Gasteiger partial charge is 0.378 e. The number of hydrogen-bond donors (Lipinski definition) is 2. The van der Waals surface area contributed by atoms with Gasteiger partial charge in [0.25, 0.3) is 0 Å². The quantitative estimate of drug-likeness (QED) is 0.905. The van der Waals surface area contributed by atoms with Crippen molar-refractivity contribution >= 4 is 29.0 Å². The number of anilines is 2. The van der Waals surface area contributed by atoms with E-state index in [9.17, 15) is 4.79 Å². The van der Waals surface area contributed by atoms with Gasteiger partial charge in [-0.15, -0.1) is 0 Å². The first kappa shape index (κ1) is 13.9. The van der Waals surface area contributed by atoms with E-state index < -0.39 is 0 Å². The second-order valence-electron chi connectivity index (χ2n) is 5.27. The van der Waals surface area contributed by atoms with Crippen molar-refractivity contribution in [1.29, 1.82) is 0 Å². The number of benzene rings is 1. The minimum absolute atomic E-state index is 0.0267. The number of carbonyl (C=O) groups excluding carboxylic acids is 1. The topological polar surface area (TPSA) is 94.0 Å². The standard InChI is InChI=1S/C14H15ClN4O2/c15-10-3-1-8(2-4-10)9-5-11(7-12(20)6-9)17-14-13(16)18-21-19-14/h1-4,9,11H,5-7H2,(H2,16,18)(H,17,19)/t9-,11-/m0/s1. The molecule has 1 aliphatic rings. The van der Waals surface area contributed by atoms with Crippen molar-refractivity contribution in [2.45, 2.75) is 31.2 Å². The van der Waals surface area contributed by atoms with Crippen LogP contribution in [0, 0.1) is 0 Å². The Kier molecular flexibility index (Phi) is 3.79. The molecule has 0 saturated heterocycles. The fourth-order valence-corrected chi connectivity index (χ4v) is 2.86. The zero-order chi connectivity index (χ0) is 14.8. The van der Waals surface area contributed by atoms with Crippen molar-refractivity contribution in [2.24, 2.45) is 0 Å². The van der Waals surface area contributed by atoms with E-state index >= 15 is 0 Å². The SMILES string of the molecule is Nc1nonc1N[C@@H]1CC(=O)C[C@@H](c2ccc(Cl)cc2)C1. The van der Waals surface area contributed by atoms with E-state index in [0.29, 0.717) is 23.7 Å². The normalized spacial score (nSPS) is 22.2. The molecule has 0 radical (unpaired) electrons. The van der Waals surface area contributed by atoms with Crippen LogP contribution in [0.5, 0.6) is 0 Å². The Morgan fingerprint density at radius 2 is 2.00 bits per heavy atom. The van der Waals surface area contributed by atoms with Crippen molar-refractivity contribution in [3.63, 3.8) is 0 Å². The fraction of sp³-hybridized carbons (Fsp3) is 0.357. The van der Waals surface area contributed by atoms with E-state index in [4.69, 9.17) is 17.3 Å². The molecule has 3 N–H and O–H groups in total. The Morgan fingerprint density at radius 1 is 1.24 bits per heavy atom. The molecule has 1 heterocycles. The van der Waals surface area contributed by atoms with Gasteiger partial charge in [-0.2, -0.15) is 0 Å². The van der Waals surface area contributed by atoms with E-state index in [0.717, 1.165) is 12.0 Å². The van der Waals surface area contributed by atoms with Gasteiger partial charge in [-0.1, -0.05) is 23.7 Å². The van der Waals surface area contributed by atoms with E-state index in [-0.39, 0.29) is 23.6 Å². The summed E-state index contributed by atoms with van der Waals surface area (Å²) in [5, 5.41) is 11.0. The van der Waals surface area contributed by atoms with Gasteiger partial charge in [0.1, 0.15) is 5.78 Å². The summed E-state index contributed by atoms with van der Waals surface area (Å²) < 4.78 is 4.55. The smallest absolute Gasteiger partial charge is 0.215 e. The molecule has 110 valence electrons. The summed E-state index contributed by atoms with van der Waals surface area (Å²) >= 11 is 5.90. The zero-order valence-corrected chi connectivity index (χ0v) is 12.0. The van der Waals surface area contributed by atoms with Gasteiger partial charge in [-0.05, 0) is 40.3 Å². The average Bonchev–Trinajstić information content (AvgIpc) is 2.84. The monoisotopic (exact) mass is 306 g/mol. The molecule has 1 saturated carbocycles. The number of nitrogens with zero attached hydrogens (tertiary/aromatic N) is 2. The van der Waals surface area contributed by atoms with Crippen molar-refractivity contribution in [2.75, 3.05) is 11.1 Å². The molecule has 1 aliphatic carbocycles. The van der Waals surface area contributed by atoms with Gasteiger partial charge < -0.3 is 11.1 Å². The lowest BCUT2D eigenvalue weighted by atomic mass is 9.80. The molecule has 0 aliphatic heterocycles. The summed E-state index contributed by atoms with van der Waals surface area (Å²) in [6, 6.07) is 7.60. The van der Waals surface area contributed by atoms with Crippen LogP contribution < -0.4 is 11.1 Å². The average molecular weight is 307 g/mol. The van der Waals surface area contributed by atoms with Gasteiger partial charge >= 0.3 is 0 Å². The van der Waals surface area contributed by atoms with Gasteiger partial charge in [0.15, 0.2) is 0 Å². The Hall–Kier alpha value is -2.08. The van der Waals surface area contributed by atoms with Gasteiger partial charge in [0.2, 0.25) is 11.6 Å². The number of nitrogens with two attached hydrogens (primary N) is 1. The van der Waals surface area contributed by atoms with Crippen LogP contribution in [0.25, 0.3) is 0 Å². The highest BCUT2D eigenvalue weighted by Gasteiger charge is 2.29. The summed E-state index contributed by atoms with van der Waals surface area (Å²) in [7, 11) is 0. The van der Waals surface area contributed by atoms with Crippen LogP contribution in [0.1, 0.15) is 30.7 Å². The first-order valence-corrected chi connectivity index (χ1v) is 7.11. The van der Waals surface area contributed by atoms with Crippen LogP contribution in [0.4, 0.5) is 11.6 Å². The first-order chi connectivity index (χ1) is 10.1. The maximum Gasteiger partial charge on any atom is 0.215 e. The maximum atomic E-state index is 12.0. The molecule has 1 aromatic carbocycles. The molecule has 3 rings (SSSR count). The fourth-order valence-electron chi connectivity index (χ4n) is 2.73. The van der Waals surface area contributed by atoms with Gasteiger partial charge in [0.05, 0.1) is 0 Å². The summed E-state index contributed by atoms with van der Waals surface area (Å²) in [4.78, 5) is 12.0. The lowest BCUT2D eigenvalue weighted by molar-refractivity contribution is -0.120. The van der Waals surface area contributed by atoms with Crippen molar-refractivity contribution < 1.29 is 9.42 Å². The van der Waals surface area contributed by atoms with Crippen LogP contribution in [0.15, 0.2) is 28.9 Å². The molecule has 0 unspecified atom stereocenters. The van der Waals surface area contributed by atoms with E-state index in [1.54, 1.807) is 0 Å². The number of ketones is 1. The molecule has 1 fully saturated rings. The van der Waals surface area contributed by atoms with Crippen LogP contribution in [0.2, 0.25) is 5.02 Å². The Balaban J connectivity index is 1.74. The zero-order valence-electron chi connectivity index (χ0n) is 11.3. The highest BCUT2D eigenvalue weighted by Crippen LogP contribution is 2.33. The number of rotatable bonds is 3. The second kappa shape index (κ2) is 5.73. The van der Waals surface area contributed by atoms with Gasteiger partial charge in [-0.25, -0.2) is 4.63 Å². The summed E-state index contributed by atoms with van der Waals surface area (Å²) in [5.74, 6) is 0.983. The molecule has 21 heavy (non-hydrogen) atoms. The number of nitrogens with one attached hydrogen (secondary N) is 1. The van der Waals surface area contributed by atoms with Crippen molar-refractivity contribution in [3.05, 3.63) is 34.9 Å². The molecule has 0 spiro atoms. The molecule has 7 heteroatoms. The molecule has 6 nitrogen and oxygen atoms in total. The van der Waals surface area contributed by atoms with E-state index in [1.807, 2.05) is 24.3 Å². The number of hydrogen-bond acceptors (Lipinski definition) is 6. The van der Waals surface area contributed by atoms with Crippen LogP contribution in [0.3, 0.4) is 0 Å². The number of Topliss-reactive ketones (excluding diaryl/α,β-unsaturated/α-hetero) is 1. The van der Waals surface area contributed by atoms with Gasteiger partial charge in [-0.3, -0.25) is 4.79 Å². The molecule has 2 atom stereocenters. The second-order valence-corrected chi connectivity index (χ2v) is 5.71. The van der Waals surface area contributed by atoms with Gasteiger partial charge in [0, 0.05) is 23.9 Å². The Bertz CT molecular complexity index is 641. The Morgan fingerprint density at radius 3 is 2.67 bits per heavy atom. The predicted octanol–water partition coefficient (Wildman–Crippen LogP) is 2.62. The highest BCUT2D eigenvalue weighted by molar-refractivity contribution is 6.30. The van der Waals surface area contributed by atoms with Crippen LogP contribution >= 0.6 is 11.6 Å². The maximum absolute atomic E-state index is 12.0. The third-order valence-corrected chi connectivity index (χ3v) is 3.97. The highest BCUT2D eigenvalue weighted by atomic mass is 35.5. The lowest BCUT2D eigenvalue weighted by Crippen LogP contribution is -2.31. The predicted molar refractivity (Wildman–Crippen MR) is 79.2 cm³/mol. The van der Waals surface area contributed by atoms with Crippen molar-refractivity contribution in [1.82, 2.24) is 10.3 Å². The molecule has 0 amide bonds. The molecule has 1 aromatic heterocycles. The third-order valence-electron chi connectivity index (χ3n) is 3.71. The molecule has 0 bridgehead atoms. The minimum Gasteiger partial charge on any atom is -0.378 e. The third kappa shape index (κ3) is 3.16. The molecular formula is C14H15ClN4O2. The number of halogens is 1.